The molecule has 3 nitrogen and oxygen atoms in total. The molecule has 0 bridgehead atoms. The number of fused-ring (bicyclic) bond motifs is 1. The Bertz CT molecular complexity index is 381. The van der Waals surface area contributed by atoms with Crippen molar-refractivity contribution >= 4 is 37.5 Å². The average Bonchev–Trinajstić information content (AvgIpc) is 2.45. The molecule has 0 atom stereocenters. The summed E-state index contributed by atoms with van der Waals surface area (Å²) in [6.45, 7) is 0. The Hall–Kier alpha value is -0.550. The lowest BCUT2D eigenvalue weighted by Crippen LogP contribution is -1.81. The maximum atomic E-state index is 5.05. The highest BCUT2D eigenvalue weighted by molar-refractivity contribution is 9.11. The Kier molecular flexibility index (Phi) is 1.61. The number of hydrogen-bond acceptors (Lipinski definition) is 3. The highest BCUT2D eigenvalue weighted by atomic mass is 79.9. The second-order valence-corrected chi connectivity index (χ2v) is 4.44. The first-order valence-electron chi connectivity index (χ1n) is 2.98. The number of halogens is 1. The molecule has 0 fully saturated rings. The van der Waals surface area contributed by atoms with Crippen LogP contribution in [0.15, 0.2) is 9.85 Å². The predicted octanol–water partition coefficient (Wildman–Crippen LogP) is 2.40. The van der Waals surface area contributed by atoms with Crippen LogP contribution in [-0.4, -0.2) is 17.3 Å². The number of thiophene rings is 1. The van der Waals surface area contributed by atoms with Gasteiger partial charge in [0, 0.05) is 0 Å². The van der Waals surface area contributed by atoms with Crippen molar-refractivity contribution in [2.75, 3.05) is 7.11 Å². The number of aromatic amines is 1. The number of nitrogens with one attached hydrogen (secondary N) is 1. The Morgan fingerprint density at radius 1 is 1.73 bits per heavy atom. The molecule has 0 saturated heterocycles. The first-order chi connectivity index (χ1) is 5.31. The molecule has 0 amide bonds. The van der Waals surface area contributed by atoms with Crippen molar-refractivity contribution in [2.45, 2.75) is 0 Å². The van der Waals surface area contributed by atoms with Gasteiger partial charge in [0.25, 0.3) is 0 Å². The fourth-order valence-electron chi connectivity index (χ4n) is 0.915. The molecule has 0 radical (unpaired) electrons. The fourth-order valence-corrected chi connectivity index (χ4v) is 2.32. The van der Waals surface area contributed by atoms with E-state index in [4.69, 9.17) is 4.74 Å². The summed E-state index contributed by atoms with van der Waals surface area (Å²) in [5, 5.41) is 7.87. The maximum absolute atomic E-state index is 5.05. The van der Waals surface area contributed by atoms with E-state index in [1.54, 1.807) is 18.4 Å². The Morgan fingerprint density at radius 2 is 2.55 bits per heavy atom. The lowest BCUT2D eigenvalue weighted by atomic mass is 10.4. The standard InChI is InChI=1S/C6H5BrN2OS/c1-10-5-3-2-4(7)11-6(3)9-8-5/h2H,1H3,(H,8,9). The van der Waals surface area contributed by atoms with Crippen LogP contribution in [0.2, 0.25) is 0 Å². The zero-order valence-corrected chi connectivity index (χ0v) is 8.12. The minimum atomic E-state index is 0.724. The monoisotopic (exact) mass is 232 g/mol. The Labute approximate surface area is 75.5 Å². The van der Waals surface area contributed by atoms with Gasteiger partial charge in [0.1, 0.15) is 4.83 Å². The van der Waals surface area contributed by atoms with Crippen LogP contribution in [-0.2, 0) is 0 Å². The third-order valence-electron chi connectivity index (χ3n) is 1.39. The summed E-state index contributed by atoms with van der Waals surface area (Å²) in [5.74, 6) is 0.724. The van der Waals surface area contributed by atoms with Gasteiger partial charge in [-0.1, -0.05) is 0 Å². The highest BCUT2D eigenvalue weighted by Gasteiger charge is 2.07. The van der Waals surface area contributed by atoms with Gasteiger partial charge in [0.15, 0.2) is 0 Å². The lowest BCUT2D eigenvalue weighted by molar-refractivity contribution is 0.401. The summed E-state index contributed by atoms with van der Waals surface area (Å²) in [7, 11) is 1.62. The number of ether oxygens (including phenoxy) is 1. The summed E-state index contributed by atoms with van der Waals surface area (Å²) in [5.41, 5.74) is 0. The van der Waals surface area contributed by atoms with E-state index < -0.39 is 0 Å². The molecule has 2 aromatic rings. The normalized spacial score (nSPS) is 10.7. The average molecular weight is 233 g/mol. The van der Waals surface area contributed by atoms with Crippen molar-refractivity contribution < 1.29 is 4.74 Å². The van der Waals surface area contributed by atoms with E-state index in [0.717, 1.165) is 19.9 Å². The van der Waals surface area contributed by atoms with Crippen LogP contribution in [0.3, 0.4) is 0 Å². The number of nitrogens with zero attached hydrogens (tertiary/aromatic N) is 1. The minimum absolute atomic E-state index is 0.724. The van der Waals surface area contributed by atoms with Crippen LogP contribution in [0.5, 0.6) is 5.88 Å². The SMILES string of the molecule is COc1[nH]nc2sc(Br)cc12. The second kappa shape index (κ2) is 2.49. The van der Waals surface area contributed by atoms with Gasteiger partial charge in [-0.05, 0) is 22.0 Å². The zero-order chi connectivity index (χ0) is 7.84. The molecule has 2 heterocycles. The number of H-pyrrole nitrogens is 1. The van der Waals surface area contributed by atoms with Crippen LogP contribution in [0.4, 0.5) is 0 Å². The van der Waals surface area contributed by atoms with Gasteiger partial charge in [-0.15, -0.1) is 11.3 Å². The summed E-state index contributed by atoms with van der Waals surface area (Å²) in [6, 6.07) is 1.99. The summed E-state index contributed by atoms with van der Waals surface area (Å²) < 4.78 is 6.12. The van der Waals surface area contributed by atoms with Crippen LogP contribution in [0.25, 0.3) is 10.2 Å². The van der Waals surface area contributed by atoms with Crippen molar-refractivity contribution in [2.24, 2.45) is 0 Å². The van der Waals surface area contributed by atoms with Crippen LogP contribution in [0, 0.1) is 0 Å². The van der Waals surface area contributed by atoms with E-state index in [9.17, 15) is 0 Å². The summed E-state index contributed by atoms with van der Waals surface area (Å²) in [4.78, 5) is 0.966. The maximum Gasteiger partial charge on any atom is 0.217 e. The van der Waals surface area contributed by atoms with Crippen molar-refractivity contribution in [3.63, 3.8) is 0 Å². The third kappa shape index (κ3) is 1.04. The van der Waals surface area contributed by atoms with Gasteiger partial charge in [-0.25, -0.2) is 5.10 Å². The van der Waals surface area contributed by atoms with Crippen molar-refractivity contribution in [3.05, 3.63) is 9.85 Å². The molecule has 11 heavy (non-hydrogen) atoms. The molecule has 0 aliphatic rings. The van der Waals surface area contributed by atoms with E-state index in [-0.39, 0.29) is 0 Å². The molecular weight excluding hydrogens is 228 g/mol. The molecule has 2 aromatic heterocycles. The molecule has 58 valence electrons. The highest BCUT2D eigenvalue weighted by Crippen LogP contribution is 2.33. The molecule has 0 unspecified atom stereocenters. The molecular formula is C6H5BrN2OS. The van der Waals surface area contributed by atoms with Crippen LogP contribution in [0.1, 0.15) is 0 Å². The molecule has 0 aliphatic heterocycles. The Morgan fingerprint density at radius 3 is 3.27 bits per heavy atom. The van der Waals surface area contributed by atoms with E-state index in [1.165, 1.54) is 0 Å². The molecule has 1 N–H and O–H groups in total. The van der Waals surface area contributed by atoms with E-state index in [2.05, 4.69) is 26.1 Å². The van der Waals surface area contributed by atoms with E-state index in [0.29, 0.717) is 0 Å². The van der Waals surface area contributed by atoms with Crippen LogP contribution < -0.4 is 4.74 Å². The fraction of sp³-hybridized carbons (Fsp3) is 0.167. The van der Waals surface area contributed by atoms with Crippen molar-refractivity contribution in [1.29, 1.82) is 0 Å². The first kappa shape index (κ1) is 7.12. The van der Waals surface area contributed by atoms with Gasteiger partial charge in [-0.2, -0.15) is 5.10 Å². The minimum Gasteiger partial charge on any atom is -0.481 e. The molecule has 0 spiro atoms. The number of aromatic nitrogens is 2. The summed E-state index contributed by atoms with van der Waals surface area (Å²) in [6.07, 6.45) is 0. The molecule has 0 aromatic carbocycles. The molecule has 0 aliphatic carbocycles. The number of hydrogen-bond donors (Lipinski definition) is 1. The van der Waals surface area contributed by atoms with Gasteiger partial charge in [0.2, 0.25) is 5.88 Å². The smallest absolute Gasteiger partial charge is 0.217 e. The molecule has 5 heteroatoms. The number of rotatable bonds is 1. The Balaban J connectivity index is 2.73. The van der Waals surface area contributed by atoms with Gasteiger partial charge < -0.3 is 4.74 Å². The van der Waals surface area contributed by atoms with Crippen molar-refractivity contribution in [3.8, 4) is 5.88 Å². The third-order valence-corrected chi connectivity index (χ3v) is 2.92. The second-order valence-electron chi connectivity index (χ2n) is 2.03. The molecule has 0 saturated carbocycles. The van der Waals surface area contributed by atoms with E-state index in [1.807, 2.05) is 6.07 Å². The largest absolute Gasteiger partial charge is 0.481 e. The predicted molar refractivity (Wildman–Crippen MR) is 48.2 cm³/mol. The van der Waals surface area contributed by atoms with Crippen LogP contribution >= 0.6 is 27.3 Å². The zero-order valence-electron chi connectivity index (χ0n) is 5.72. The van der Waals surface area contributed by atoms with Crippen molar-refractivity contribution in [1.82, 2.24) is 10.2 Å². The van der Waals surface area contributed by atoms with Gasteiger partial charge in [-0.3, -0.25) is 0 Å². The van der Waals surface area contributed by atoms with E-state index >= 15 is 0 Å². The topological polar surface area (TPSA) is 37.9 Å². The quantitative estimate of drug-likeness (QED) is 0.821. The molecule has 2 rings (SSSR count). The van der Waals surface area contributed by atoms with Gasteiger partial charge in [0.05, 0.1) is 16.3 Å². The first-order valence-corrected chi connectivity index (χ1v) is 4.59. The lowest BCUT2D eigenvalue weighted by Gasteiger charge is -1.89. The summed E-state index contributed by atoms with van der Waals surface area (Å²) >= 11 is 4.96. The van der Waals surface area contributed by atoms with Gasteiger partial charge >= 0.3 is 0 Å². The number of methoxy groups -OCH3 is 1.